The van der Waals surface area contributed by atoms with Crippen molar-refractivity contribution >= 4 is 46.5 Å². The zero-order valence-corrected chi connectivity index (χ0v) is 29.5. The van der Waals surface area contributed by atoms with Gasteiger partial charge in [-0.05, 0) is 6.04 Å². The van der Waals surface area contributed by atoms with Gasteiger partial charge in [-0.3, -0.25) is 9.20 Å². The number of sulfonamides is 1. The highest BCUT2D eigenvalue weighted by Crippen LogP contribution is 2.39. The molecular weight excluding hydrogens is 683 g/mol. The first-order valence-electron chi connectivity index (χ1n) is 15.2. The van der Waals surface area contributed by atoms with Gasteiger partial charge in [0, 0.05) is 53.0 Å². The van der Waals surface area contributed by atoms with Crippen molar-refractivity contribution in [2.45, 2.75) is 56.4 Å². The molecule has 5 rings (SSSR count). The van der Waals surface area contributed by atoms with Gasteiger partial charge in [0.25, 0.3) is 6.43 Å². The first-order valence-corrected chi connectivity index (χ1v) is 21.2. The number of alkyl halides is 3. The van der Waals surface area contributed by atoms with E-state index >= 15 is 4.39 Å². The number of ether oxygens (including phenoxy) is 2. The van der Waals surface area contributed by atoms with Crippen molar-refractivity contribution in [2.75, 3.05) is 64.3 Å². The summed E-state index contributed by atoms with van der Waals surface area (Å²) in [5.41, 5.74) is -1.57. The van der Waals surface area contributed by atoms with Crippen LogP contribution in [0.3, 0.4) is 0 Å². The van der Waals surface area contributed by atoms with E-state index in [0.717, 1.165) is 16.5 Å². The summed E-state index contributed by atoms with van der Waals surface area (Å²) in [4.78, 5) is 19.4. The lowest BCUT2D eigenvalue weighted by Crippen LogP contribution is -2.65. The van der Waals surface area contributed by atoms with E-state index in [1.165, 1.54) is 10.6 Å². The van der Waals surface area contributed by atoms with Gasteiger partial charge < -0.3 is 19.3 Å². The third-order valence-electron chi connectivity index (χ3n) is 8.22. The summed E-state index contributed by atoms with van der Waals surface area (Å²) >= 11 is 0.571. The SMILES string of the molecule is CC(C)C(=O)N1CCN(c2c(F)c(S(=O)(=O)N(COCC[Si](C)(C)C)C3(CF)COC3)cn3c(-c4nnc(C(F)F)s4)ncc23)CC1. The second kappa shape index (κ2) is 13.7. The quantitative estimate of drug-likeness (QED) is 0.110. The molecule has 0 N–H and O–H groups in total. The maximum atomic E-state index is 16.9. The molecule has 0 bridgehead atoms. The van der Waals surface area contributed by atoms with E-state index in [2.05, 4.69) is 34.8 Å². The van der Waals surface area contributed by atoms with Crippen molar-refractivity contribution in [1.29, 1.82) is 0 Å². The van der Waals surface area contributed by atoms with Gasteiger partial charge in [-0.15, -0.1) is 10.2 Å². The Hall–Kier alpha value is -2.71. The van der Waals surface area contributed by atoms with Crippen LogP contribution in [0.2, 0.25) is 25.7 Å². The predicted molar refractivity (Wildman–Crippen MR) is 170 cm³/mol. The van der Waals surface area contributed by atoms with Gasteiger partial charge in [-0.1, -0.05) is 44.8 Å². The molecule has 0 radical (unpaired) electrons. The van der Waals surface area contributed by atoms with Gasteiger partial charge in [-0.25, -0.2) is 31.0 Å². The second-order valence-corrected chi connectivity index (χ2v) is 21.7. The fourth-order valence-electron chi connectivity index (χ4n) is 5.37. The van der Waals surface area contributed by atoms with Crippen LogP contribution in [0, 0.1) is 11.7 Å². The molecular formula is C28H39F4N7O5S2Si. The number of anilines is 1. The summed E-state index contributed by atoms with van der Waals surface area (Å²) in [6, 6.07) is 0.719. The maximum Gasteiger partial charge on any atom is 0.291 e. The Labute approximate surface area is 275 Å². The van der Waals surface area contributed by atoms with Crippen LogP contribution in [0.25, 0.3) is 16.3 Å². The number of nitrogens with zero attached hydrogens (tertiary/aromatic N) is 7. The third-order valence-corrected chi connectivity index (χ3v) is 12.8. The molecule has 2 fully saturated rings. The number of pyridine rings is 1. The molecule has 2 aliphatic heterocycles. The van der Waals surface area contributed by atoms with Crippen molar-refractivity contribution in [3.8, 4) is 10.8 Å². The summed E-state index contributed by atoms with van der Waals surface area (Å²) in [5, 5.41) is 6.74. The number of imidazole rings is 1. The summed E-state index contributed by atoms with van der Waals surface area (Å²) in [5.74, 6) is -1.42. The Morgan fingerprint density at radius 1 is 1.17 bits per heavy atom. The zero-order chi connectivity index (χ0) is 34.3. The molecule has 5 heterocycles. The smallest absolute Gasteiger partial charge is 0.291 e. The summed E-state index contributed by atoms with van der Waals surface area (Å²) < 4.78 is 100. The van der Waals surface area contributed by atoms with E-state index in [1.54, 1.807) is 23.6 Å². The molecule has 2 saturated heterocycles. The fraction of sp³-hybridized carbons (Fsp3) is 0.643. The van der Waals surface area contributed by atoms with Crippen LogP contribution in [-0.4, -0.2) is 116 Å². The standard InChI is InChI=1S/C28H39F4N7O5S2Si/c1-18(2)27(40)37-8-6-36(7-9-37)22-19-12-33-24(26-35-34-25(45-26)23(31)32)38(19)13-20(21(22)30)46(41,42)39(28(14-29)15-44-16-28)17-43-10-11-47(3,4)5/h12-13,18,23H,6-11,14-17H2,1-5H3. The van der Waals surface area contributed by atoms with E-state index < -0.39 is 59.2 Å². The van der Waals surface area contributed by atoms with Crippen LogP contribution in [0.5, 0.6) is 0 Å². The van der Waals surface area contributed by atoms with Gasteiger partial charge in [0.15, 0.2) is 21.7 Å². The van der Waals surface area contributed by atoms with E-state index in [1.807, 2.05) is 0 Å². The van der Waals surface area contributed by atoms with Crippen LogP contribution in [-0.2, 0) is 24.3 Å². The monoisotopic (exact) mass is 721 g/mol. The van der Waals surface area contributed by atoms with Crippen LogP contribution in [0.1, 0.15) is 25.3 Å². The normalized spacial score (nSPS) is 17.4. The molecule has 0 aliphatic carbocycles. The number of halogens is 4. The molecule has 2 aliphatic rings. The Kier molecular flexibility index (Phi) is 10.3. The average molecular weight is 722 g/mol. The van der Waals surface area contributed by atoms with Crippen LogP contribution in [0.4, 0.5) is 23.2 Å². The predicted octanol–water partition coefficient (Wildman–Crippen LogP) is 4.28. The van der Waals surface area contributed by atoms with Gasteiger partial charge in [-0.2, -0.15) is 4.31 Å². The topological polar surface area (TPSA) is 122 Å². The van der Waals surface area contributed by atoms with Gasteiger partial charge >= 0.3 is 0 Å². The largest absolute Gasteiger partial charge is 0.377 e. The van der Waals surface area contributed by atoms with E-state index in [4.69, 9.17) is 9.47 Å². The highest BCUT2D eigenvalue weighted by atomic mass is 32.2. The fourth-order valence-corrected chi connectivity index (χ4v) is 8.49. The maximum absolute atomic E-state index is 16.9. The molecule has 47 heavy (non-hydrogen) atoms. The zero-order valence-electron chi connectivity index (χ0n) is 26.9. The Balaban J connectivity index is 1.62. The van der Waals surface area contributed by atoms with E-state index in [9.17, 15) is 26.4 Å². The van der Waals surface area contributed by atoms with Crippen LogP contribution in [0.15, 0.2) is 17.3 Å². The molecule has 0 aromatic carbocycles. The van der Waals surface area contributed by atoms with E-state index in [0.29, 0.717) is 11.3 Å². The Bertz CT molecular complexity index is 1700. The van der Waals surface area contributed by atoms with E-state index in [-0.39, 0.29) is 79.9 Å². The molecule has 1 amide bonds. The average Bonchev–Trinajstić information content (AvgIpc) is 3.64. The first kappa shape index (κ1) is 35.6. The van der Waals surface area contributed by atoms with Crippen molar-refractivity contribution in [3.05, 3.63) is 23.2 Å². The summed E-state index contributed by atoms with van der Waals surface area (Å²) in [6.45, 7) is 8.92. The molecule has 3 aromatic rings. The van der Waals surface area contributed by atoms with Crippen molar-refractivity contribution in [2.24, 2.45) is 5.92 Å². The number of amides is 1. The Morgan fingerprint density at radius 3 is 2.38 bits per heavy atom. The molecule has 0 saturated carbocycles. The summed E-state index contributed by atoms with van der Waals surface area (Å²) in [7, 11) is -6.38. The van der Waals surface area contributed by atoms with Gasteiger partial charge in [0.1, 0.15) is 29.5 Å². The molecule has 19 heteroatoms. The lowest BCUT2D eigenvalue weighted by molar-refractivity contribution is -0.141. The molecule has 12 nitrogen and oxygen atoms in total. The molecule has 3 aromatic heterocycles. The number of piperazine rings is 1. The lowest BCUT2D eigenvalue weighted by Gasteiger charge is -2.46. The van der Waals surface area contributed by atoms with Gasteiger partial charge in [0.2, 0.25) is 15.9 Å². The molecule has 0 atom stereocenters. The number of hydrogen-bond acceptors (Lipinski definition) is 10. The highest BCUT2D eigenvalue weighted by Gasteiger charge is 2.51. The number of rotatable bonds is 13. The van der Waals surface area contributed by atoms with Gasteiger partial charge in [0.05, 0.1) is 24.9 Å². The Morgan fingerprint density at radius 2 is 1.85 bits per heavy atom. The summed E-state index contributed by atoms with van der Waals surface area (Å²) in [6.07, 6.45) is -0.578. The minimum Gasteiger partial charge on any atom is -0.377 e. The molecule has 260 valence electrons. The number of carbonyl (C=O) groups excluding carboxylic acids is 1. The lowest BCUT2D eigenvalue weighted by atomic mass is 10.0. The third kappa shape index (κ3) is 7.05. The second-order valence-electron chi connectivity index (χ2n) is 13.3. The minimum absolute atomic E-state index is 0.0270. The number of fused-ring (bicyclic) bond motifs is 1. The van der Waals surface area contributed by atoms with Crippen LogP contribution >= 0.6 is 11.3 Å². The number of hydrogen-bond donors (Lipinski definition) is 0. The minimum atomic E-state index is -4.82. The number of aromatic nitrogens is 4. The van der Waals surface area contributed by atoms with Crippen molar-refractivity contribution in [1.82, 2.24) is 28.8 Å². The first-order chi connectivity index (χ1) is 22.1. The van der Waals surface area contributed by atoms with Crippen molar-refractivity contribution in [3.63, 3.8) is 0 Å². The number of carbonyl (C=O) groups is 1. The highest BCUT2D eigenvalue weighted by molar-refractivity contribution is 7.89. The molecule has 0 spiro atoms. The molecule has 0 unspecified atom stereocenters. The van der Waals surface area contributed by atoms with Crippen LogP contribution < -0.4 is 4.90 Å². The van der Waals surface area contributed by atoms with Crippen molar-refractivity contribution < 1.29 is 40.2 Å².